The predicted octanol–water partition coefficient (Wildman–Crippen LogP) is 2.36. The molecule has 2 rings (SSSR count). The number of carbonyl (C=O) groups excluding carboxylic acids is 1. The number of ether oxygens (including phenoxy) is 1. The maximum Gasteiger partial charge on any atom is 0.197 e. The number of fused-ring (bicyclic) bond motifs is 1. The van der Waals surface area contributed by atoms with E-state index >= 15 is 0 Å². The van der Waals surface area contributed by atoms with Gasteiger partial charge in [0.05, 0.1) is 11.1 Å². The van der Waals surface area contributed by atoms with Gasteiger partial charge in [0, 0.05) is 25.3 Å². The molecule has 0 saturated carbocycles. The molecule has 0 aromatic heterocycles. The standard InChI is InChI=1S/C12H12ClNO2/c1-14(2)6-8-7-16-11-4-3-9(13)5-10(11)12(8)15/h3-6H,7H2,1-2H3/b8-6+. The maximum absolute atomic E-state index is 12.1. The van der Waals surface area contributed by atoms with Gasteiger partial charge in [0.25, 0.3) is 0 Å². The van der Waals surface area contributed by atoms with Crippen LogP contribution in [0.4, 0.5) is 0 Å². The van der Waals surface area contributed by atoms with Crippen LogP contribution in [-0.4, -0.2) is 31.4 Å². The fraction of sp³-hybridized carbons (Fsp3) is 0.250. The van der Waals surface area contributed by atoms with Crippen molar-refractivity contribution in [1.29, 1.82) is 0 Å². The van der Waals surface area contributed by atoms with Gasteiger partial charge in [-0.25, -0.2) is 0 Å². The van der Waals surface area contributed by atoms with E-state index in [1.54, 1.807) is 24.4 Å². The number of halogens is 1. The van der Waals surface area contributed by atoms with Crippen LogP contribution in [0.2, 0.25) is 5.02 Å². The van der Waals surface area contributed by atoms with Gasteiger partial charge in [-0.2, -0.15) is 0 Å². The van der Waals surface area contributed by atoms with Crippen molar-refractivity contribution in [2.75, 3.05) is 20.7 Å². The summed E-state index contributed by atoms with van der Waals surface area (Å²) in [5, 5.41) is 0.543. The Morgan fingerprint density at radius 2 is 2.19 bits per heavy atom. The fourth-order valence-corrected chi connectivity index (χ4v) is 1.78. The second kappa shape index (κ2) is 4.18. The van der Waals surface area contributed by atoms with Crippen molar-refractivity contribution in [2.45, 2.75) is 0 Å². The minimum atomic E-state index is -0.0162. The third-order valence-corrected chi connectivity index (χ3v) is 2.51. The van der Waals surface area contributed by atoms with E-state index in [-0.39, 0.29) is 5.78 Å². The van der Waals surface area contributed by atoms with Crippen LogP contribution in [0.25, 0.3) is 0 Å². The first-order valence-electron chi connectivity index (χ1n) is 4.92. The Bertz CT molecular complexity index is 466. The number of hydrogen-bond donors (Lipinski definition) is 0. The summed E-state index contributed by atoms with van der Waals surface area (Å²) in [4.78, 5) is 13.9. The Morgan fingerprint density at radius 3 is 2.88 bits per heavy atom. The van der Waals surface area contributed by atoms with Crippen molar-refractivity contribution in [2.24, 2.45) is 0 Å². The van der Waals surface area contributed by atoms with E-state index in [1.165, 1.54) is 0 Å². The molecule has 0 amide bonds. The first kappa shape index (κ1) is 11.0. The molecule has 1 aliphatic heterocycles. The minimum absolute atomic E-state index is 0.0162. The summed E-state index contributed by atoms with van der Waals surface area (Å²) < 4.78 is 5.49. The fourth-order valence-electron chi connectivity index (χ4n) is 1.61. The van der Waals surface area contributed by atoms with Gasteiger partial charge < -0.3 is 9.64 Å². The highest BCUT2D eigenvalue weighted by atomic mass is 35.5. The van der Waals surface area contributed by atoms with Crippen LogP contribution in [0.15, 0.2) is 30.0 Å². The number of carbonyl (C=O) groups is 1. The number of rotatable bonds is 1. The average molecular weight is 238 g/mol. The van der Waals surface area contributed by atoms with Crippen LogP contribution in [0.3, 0.4) is 0 Å². The summed E-state index contributed by atoms with van der Waals surface area (Å²) in [6.45, 7) is 0.311. The first-order valence-corrected chi connectivity index (χ1v) is 5.30. The first-order chi connectivity index (χ1) is 7.58. The Hall–Kier alpha value is -1.48. The lowest BCUT2D eigenvalue weighted by Gasteiger charge is -2.20. The molecule has 0 unspecified atom stereocenters. The predicted molar refractivity (Wildman–Crippen MR) is 63.0 cm³/mol. The zero-order valence-electron chi connectivity index (χ0n) is 9.16. The summed E-state index contributed by atoms with van der Waals surface area (Å²) in [6.07, 6.45) is 1.77. The molecule has 4 heteroatoms. The number of Topliss-reactive ketones (excluding diaryl/α,β-unsaturated/α-hetero) is 1. The second-order valence-electron chi connectivity index (χ2n) is 3.88. The number of hydrogen-bond acceptors (Lipinski definition) is 3. The van der Waals surface area contributed by atoms with Gasteiger partial charge in [0.2, 0.25) is 0 Å². The molecule has 0 N–H and O–H groups in total. The smallest absolute Gasteiger partial charge is 0.197 e. The highest BCUT2D eigenvalue weighted by Crippen LogP contribution is 2.29. The van der Waals surface area contributed by atoms with Crippen LogP contribution < -0.4 is 4.74 Å². The second-order valence-corrected chi connectivity index (χ2v) is 4.31. The summed E-state index contributed by atoms with van der Waals surface area (Å²) in [7, 11) is 3.74. The number of ketones is 1. The normalized spacial score (nSPS) is 16.9. The molecule has 1 aromatic rings. The average Bonchev–Trinajstić information content (AvgIpc) is 2.22. The van der Waals surface area contributed by atoms with Crippen LogP contribution in [0, 0.1) is 0 Å². The summed E-state index contributed by atoms with van der Waals surface area (Å²) in [5.74, 6) is 0.586. The van der Waals surface area contributed by atoms with Crippen LogP contribution in [0.1, 0.15) is 10.4 Å². The summed E-state index contributed by atoms with van der Waals surface area (Å²) >= 11 is 5.86. The Kier molecular flexibility index (Phi) is 2.88. The monoisotopic (exact) mass is 237 g/mol. The Morgan fingerprint density at radius 1 is 1.44 bits per heavy atom. The van der Waals surface area contributed by atoms with Gasteiger partial charge in [0.15, 0.2) is 5.78 Å². The third-order valence-electron chi connectivity index (χ3n) is 2.28. The van der Waals surface area contributed by atoms with E-state index in [0.717, 1.165) is 0 Å². The van der Waals surface area contributed by atoms with Gasteiger partial charge in [0.1, 0.15) is 12.4 Å². The zero-order chi connectivity index (χ0) is 11.7. The van der Waals surface area contributed by atoms with Gasteiger partial charge in [-0.15, -0.1) is 0 Å². The molecule has 0 radical (unpaired) electrons. The molecule has 0 atom stereocenters. The summed E-state index contributed by atoms with van der Waals surface area (Å²) in [5.41, 5.74) is 1.17. The molecular weight excluding hydrogens is 226 g/mol. The van der Waals surface area contributed by atoms with Crippen molar-refractivity contribution in [3.05, 3.63) is 40.6 Å². The highest BCUT2D eigenvalue weighted by Gasteiger charge is 2.23. The topological polar surface area (TPSA) is 29.5 Å². The lowest BCUT2D eigenvalue weighted by molar-refractivity contribution is 0.0997. The summed E-state index contributed by atoms with van der Waals surface area (Å²) in [6, 6.07) is 5.08. The Labute approximate surface area is 99.3 Å². The van der Waals surface area contributed by atoms with Crippen LogP contribution in [0.5, 0.6) is 5.75 Å². The third kappa shape index (κ3) is 2.04. The van der Waals surface area contributed by atoms with Gasteiger partial charge in [-0.3, -0.25) is 4.79 Å². The van der Waals surface area contributed by atoms with E-state index in [1.807, 2.05) is 19.0 Å². The van der Waals surface area contributed by atoms with E-state index in [2.05, 4.69) is 0 Å². The molecule has 3 nitrogen and oxygen atoms in total. The molecular formula is C12H12ClNO2. The SMILES string of the molecule is CN(C)/C=C1\COc2ccc(Cl)cc2C1=O. The Balaban J connectivity index is 2.42. The lowest BCUT2D eigenvalue weighted by Crippen LogP contribution is -2.21. The van der Waals surface area contributed by atoms with Crippen molar-refractivity contribution < 1.29 is 9.53 Å². The molecule has 0 saturated heterocycles. The van der Waals surface area contributed by atoms with Crippen LogP contribution in [-0.2, 0) is 0 Å². The van der Waals surface area contributed by atoms with Crippen molar-refractivity contribution >= 4 is 17.4 Å². The minimum Gasteiger partial charge on any atom is -0.488 e. The van der Waals surface area contributed by atoms with Crippen molar-refractivity contribution in [3.8, 4) is 5.75 Å². The highest BCUT2D eigenvalue weighted by molar-refractivity contribution is 6.31. The molecule has 84 valence electrons. The quantitative estimate of drug-likeness (QED) is 0.703. The largest absolute Gasteiger partial charge is 0.488 e. The van der Waals surface area contributed by atoms with Crippen LogP contribution >= 0.6 is 11.6 Å². The van der Waals surface area contributed by atoms with E-state index in [9.17, 15) is 4.79 Å². The molecule has 1 aromatic carbocycles. The van der Waals surface area contributed by atoms with Crippen molar-refractivity contribution in [3.63, 3.8) is 0 Å². The number of nitrogens with zero attached hydrogens (tertiary/aromatic N) is 1. The van der Waals surface area contributed by atoms with Gasteiger partial charge in [-0.1, -0.05) is 11.6 Å². The van der Waals surface area contributed by atoms with E-state index in [0.29, 0.717) is 28.5 Å². The van der Waals surface area contributed by atoms with E-state index in [4.69, 9.17) is 16.3 Å². The number of benzene rings is 1. The lowest BCUT2D eigenvalue weighted by atomic mass is 10.0. The van der Waals surface area contributed by atoms with E-state index < -0.39 is 0 Å². The molecule has 1 aliphatic rings. The van der Waals surface area contributed by atoms with Crippen molar-refractivity contribution in [1.82, 2.24) is 4.90 Å². The molecule has 0 spiro atoms. The molecule has 1 heterocycles. The van der Waals surface area contributed by atoms with Gasteiger partial charge >= 0.3 is 0 Å². The zero-order valence-corrected chi connectivity index (χ0v) is 9.91. The maximum atomic E-state index is 12.1. The molecule has 0 bridgehead atoms. The van der Waals surface area contributed by atoms with Gasteiger partial charge in [-0.05, 0) is 18.2 Å². The molecule has 16 heavy (non-hydrogen) atoms. The molecule has 0 fully saturated rings. The molecule has 0 aliphatic carbocycles.